The highest BCUT2D eigenvalue weighted by Gasteiger charge is 2.42. The number of carbonyl (C=O) groups excluding carboxylic acids is 1. The molecule has 1 atom stereocenters. The molecule has 0 saturated heterocycles. The monoisotopic (exact) mass is 726 g/mol. The van der Waals surface area contributed by atoms with Gasteiger partial charge < -0.3 is 15.3 Å². The lowest BCUT2D eigenvalue weighted by Gasteiger charge is -2.36. The summed E-state index contributed by atoms with van der Waals surface area (Å²) in [5.41, 5.74) is 6.40. The van der Waals surface area contributed by atoms with Crippen LogP contribution in [0.2, 0.25) is 0 Å². The number of carbonyl (C=O) groups is 2. The smallest absolute Gasteiger partial charge is 0.326 e. The lowest BCUT2D eigenvalue weighted by Crippen LogP contribution is -2.50. The Morgan fingerprint density at radius 3 is 1.71 bits per heavy atom. The molecule has 9 heteroatoms. The van der Waals surface area contributed by atoms with Crippen LogP contribution in [0.25, 0.3) is 22.5 Å². The van der Waals surface area contributed by atoms with E-state index in [4.69, 9.17) is 5.21 Å². The molecule has 2 amide bonds. The molecule has 55 heavy (non-hydrogen) atoms. The molecule has 1 heterocycles. The van der Waals surface area contributed by atoms with Crippen molar-refractivity contribution in [1.82, 2.24) is 30.4 Å². The Balaban J connectivity index is 1.28. The minimum absolute atomic E-state index is 0.118. The maximum Gasteiger partial charge on any atom is 0.326 e. The number of rotatable bonds is 14. The number of benzene rings is 6. The van der Waals surface area contributed by atoms with Crippen LogP contribution in [0, 0.1) is 0 Å². The van der Waals surface area contributed by atoms with Crippen LogP contribution in [0.5, 0.6) is 0 Å². The number of aliphatic carboxylic acids is 1. The maximum atomic E-state index is 13.5. The topological polar surface area (TPSA) is 113 Å². The zero-order chi connectivity index (χ0) is 38.0. The highest BCUT2D eigenvalue weighted by molar-refractivity contribution is 5.83. The molecule has 0 fully saturated rings. The standard InChI is InChI=1S/C46H42N6O3/c1-2-31-47-45(55)51(42(44(53)54)32-34-17-7-3-8-18-34)33-35-27-29-36(30-28-35)40-25-15-16-26-41(40)43-48-49-50-52(43)46(37-19-9-4-10-20-37,38-21-11-5-12-22-38)39-23-13-6-14-24-39/h3-30,42H,2,31-33H2,1H3,(H,47,55)(H,53,54)/t42-/m0/s1. The normalized spacial score (nSPS) is 11.8. The van der Waals surface area contributed by atoms with Crippen molar-refractivity contribution < 1.29 is 14.7 Å². The highest BCUT2D eigenvalue weighted by Crippen LogP contribution is 2.43. The first-order valence-corrected chi connectivity index (χ1v) is 18.5. The lowest BCUT2D eigenvalue weighted by atomic mass is 9.77. The van der Waals surface area contributed by atoms with E-state index >= 15 is 0 Å². The van der Waals surface area contributed by atoms with E-state index in [1.807, 2.05) is 145 Å². The molecule has 1 aromatic heterocycles. The zero-order valence-electron chi connectivity index (χ0n) is 30.6. The number of hydrogen-bond acceptors (Lipinski definition) is 5. The average Bonchev–Trinajstić information content (AvgIpc) is 3.73. The van der Waals surface area contributed by atoms with Gasteiger partial charge in [-0.25, -0.2) is 14.3 Å². The molecule has 0 aliphatic carbocycles. The average molecular weight is 727 g/mol. The highest BCUT2D eigenvalue weighted by atomic mass is 16.4. The molecule has 0 saturated carbocycles. The summed E-state index contributed by atoms with van der Waals surface area (Å²) in [7, 11) is 0. The van der Waals surface area contributed by atoms with Gasteiger partial charge in [0.25, 0.3) is 0 Å². The van der Waals surface area contributed by atoms with Crippen molar-refractivity contribution in [2.75, 3.05) is 6.54 Å². The minimum Gasteiger partial charge on any atom is -0.480 e. The molecule has 0 spiro atoms. The molecule has 7 rings (SSSR count). The van der Waals surface area contributed by atoms with Gasteiger partial charge in [-0.2, -0.15) is 0 Å². The van der Waals surface area contributed by atoms with Gasteiger partial charge in [-0.05, 0) is 55.8 Å². The number of carboxylic acid groups (broad SMARTS) is 1. The van der Waals surface area contributed by atoms with E-state index < -0.39 is 23.6 Å². The fourth-order valence-electron chi connectivity index (χ4n) is 7.23. The van der Waals surface area contributed by atoms with Crippen molar-refractivity contribution in [1.29, 1.82) is 0 Å². The SMILES string of the molecule is CCCNC(=O)N(Cc1ccc(-c2ccccc2-c2nnnn2C(c2ccccc2)(c2ccccc2)c2ccccc2)cc1)[C@@H](Cc1ccccc1)C(=O)O. The fraction of sp³-hybridized carbons (Fsp3) is 0.152. The molecule has 0 bridgehead atoms. The Kier molecular flexibility index (Phi) is 11.2. The summed E-state index contributed by atoms with van der Waals surface area (Å²) >= 11 is 0. The molecule has 0 unspecified atom stereocenters. The molecule has 274 valence electrons. The van der Waals surface area contributed by atoms with Gasteiger partial charge in [0.15, 0.2) is 5.82 Å². The Hall–Kier alpha value is -6.87. The van der Waals surface area contributed by atoms with Gasteiger partial charge in [0.1, 0.15) is 11.6 Å². The second kappa shape index (κ2) is 16.9. The van der Waals surface area contributed by atoms with E-state index in [9.17, 15) is 14.7 Å². The predicted molar refractivity (Wildman–Crippen MR) is 214 cm³/mol. The second-order valence-corrected chi connectivity index (χ2v) is 13.4. The van der Waals surface area contributed by atoms with Crippen LogP contribution < -0.4 is 5.32 Å². The van der Waals surface area contributed by atoms with Crippen molar-refractivity contribution in [2.24, 2.45) is 0 Å². The first-order chi connectivity index (χ1) is 27.0. The van der Waals surface area contributed by atoms with E-state index in [-0.39, 0.29) is 13.0 Å². The van der Waals surface area contributed by atoms with Gasteiger partial charge in [0.2, 0.25) is 0 Å². The number of carboxylic acids is 1. The molecular formula is C46H42N6O3. The molecule has 0 radical (unpaired) electrons. The minimum atomic E-state index is -1.06. The molecule has 0 aliphatic heterocycles. The fourth-order valence-corrected chi connectivity index (χ4v) is 7.23. The molecule has 9 nitrogen and oxygen atoms in total. The van der Waals surface area contributed by atoms with E-state index in [0.29, 0.717) is 12.4 Å². The van der Waals surface area contributed by atoms with Gasteiger partial charge >= 0.3 is 12.0 Å². The van der Waals surface area contributed by atoms with E-state index in [1.54, 1.807) is 0 Å². The first-order valence-electron chi connectivity index (χ1n) is 18.5. The number of aromatic nitrogens is 4. The Bertz CT molecular complexity index is 2220. The summed E-state index contributed by atoms with van der Waals surface area (Å²) in [6.07, 6.45) is 0.920. The summed E-state index contributed by atoms with van der Waals surface area (Å²) in [5.74, 6) is -0.475. The van der Waals surface area contributed by atoms with Gasteiger partial charge in [-0.1, -0.05) is 177 Å². The number of hydrogen-bond donors (Lipinski definition) is 2. The van der Waals surface area contributed by atoms with E-state index in [0.717, 1.165) is 50.9 Å². The second-order valence-electron chi connectivity index (χ2n) is 13.4. The molecule has 2 N–H and O–H groups in total. The van der Waals surface area contributed by atoms with E-state index in [1.165, 1.54) is 4.90 Å². The van der Waals surface area contributed by atoms with Crippen molar-refractivity contribution in [3.63, 3.8) is 0 Å². The summed E-state index contributed by atoms with van der Waals surface area (Å²) in [6, 6.07) is 54.7. The lowest BCUT2D eigenvalue weighted by molar-refractivity contribution is -0.142. The van der Waals surface area contributed by atoms with Crippen molar-refractivity contribution >= 4 is 12.0 Å². The first kappa shape index (κ1) is 36.5. The third kappa shape index (κ3) is 7.63. The Morgan fingerprint density at radius 2 is 1.18 bits per heavy atom. The van der Waals surface area contributed by atoms with Gasteiger partial charge in [-0.15, -0.1) is 5.10 Å². The van der Waals surface area contributed by atoms with Gasteiger partial charge in [0, 0.05) is 25.1 Å². The van der Waals surface area contributed by atoms with Gasteiger partial charge in [0.05, 0.1) is 0 Å². The van der Waals surface area contributed by atoms with Crippen LogP contribution in [-0.2, 0) is 23.3 Å². The van der Waals surface area contributed by atoms with Crippen molar-refractivity contribution in [2.45, 2.75) is 37.9 Å². The van der Waals surface area contributed by atoms with Crippen molar-refractivity contribution in [3.05, 3.63) is 198 Å². The van der Waals surface area contributed by atoms with Crippen LogP contribution in [0.4, 0.5) is 4.79 Å². The molecular weight excluding hydrogens is 685 g/mol. The van der Waals surface area contributed by atoms with Gasteiger partial charge in [-0.3, -0.25) is 0 Å². The maximum absolute atomic E-state index is 13.5. The largest absolute Gasteiger partial charge is 0.480 e. The number of tetrazole rings is 1. The Labute approximate surface area is 320 Å². The molecule has 6 aromatic carbocycles. The predicted octanol–water partition coefficient (Wildman–Crippen LogP) is 8.46. The summed E-state index contributed by atoms with van der Waals surface area (Å²) < 4.78 is 1.92. The Morgan fingerprint density at radius 1 is 0.673 bits per heavy atom. The van der Waals surface area contributed by atoms with Crippen LogP contribution in [-0.4, -0.2) is 54.8 Å². The van der Waals surface area contributed by atoms with Crippen LogP contribution in [0.15, 0.2) is 170 Å². The number of urea groups is 1. The van der Waals surface area contributed by atoms with Crippen LogP contribution in [0.3, 0.4) is 0 Å². The number of nitrogens with zero attached hydrogens (tertiary/aromatic N) is 5. The van der Waals surface area contributed by atoms with Crippen molar-refractivity contribution in [3.8, 4) is 22.5 Å². The summed E-state index contributed by atoms with van der Waals surface area (Å²) in [6.45, 7) is 2.53. The zero-order valence-corrected chi connectivity index (χ0v) is 30.6. The molecule has 7 aromatic rings. The number of amides is 2. The quantitative estimate of drug-likeness (QED) is 0.109. The third-order valence-corrected chi connectivity index (χ3v) is 9.87. The van der Waals surface area contributed by atoms with E-state index in [2.05, 4.69) is 52.0 Å². The summed E-state index contributed by atoms with van der Waals surface area (Å²) in [5, 5.41) is 26.9. The third-order valence-electron chi connectivity index (χ3n) is 9.87. The van der Waals surface area contributed by atoms with Crippen LogP contribution in [0.1, 0.15) is 41.2 Å². The van der Waals surface area contributed by atoms with Crippen LogP contribution >= 0.6 is 0 Å². The molecule has 0 aliphatic rings. The summed E-state index contributed by atoms with van der Waals surface area (Å²) in [4.78, 5) is 27.5. The number of nitrogens with one attached hydrogen (secondary N) is 1.